The van der Waals surface area contributed by atoms with Gasteiger partial charge in [0.2, 0.25) is 11.8 Å². The highest BCUT2D eigenvalue weighted by Crippen LogP contribution is 2.40. The summed E-state index contributed by atoms with van der Waals surface area (Å²) in [6, 6.07) is 14.3. The molecule has 0 spiro atoms. The average Bonchev–Trinajstić information content (AvgIpc) is 2.93. The van der Waals surface area contributed by atoms with Crippen LogP contribution >= 0.6 is 0 Å². The molecule has 5 heteroatoms. The standard InChI is InChI=1S/C23H22N2O3/c1-14-7-10-16(11-8-14)24-21(26)18-5-3-4-6-20(18)25-22(27)17-12-9-15(2)13-19(17)23(25)28/h3-11,17,19H,12-13H2,1-2H3,(H,24,26)/t17-,19-/m1/s1. The molecule has 2 aromatic carbocycles. The summed E-state index contributed by atoms with van der Waals surface area (Å²) >= 11 is 0. The van der Waals surface area contributed by atoms with E-state index in [1.54, 1.807) is 24.3 Å². The van der Waals surface area contributed by atoms with Crippen LogP contribution in [0.5, 0.6) is 0 Å². The van der Waals surface area contributed by atoms with Crippen LogP contribution in [0.2, 0.25) is 0 Å². The van der Waals surface area contributed by atoms with Crippen LogP contribution in [0, 0.1) is 18.8 Å². The van der Waals surface area contributed by atoms with Crippen LogP contribution in [0.1, 0.15) is 35.7 Å². The van der Waals surface area contributed by atoms with Crippen molar-refractivity contribution in [1.82, 2.24) is 0 Å². The lowest BCUT2D eigenvalue weighted by atomic mass is 9.82. The number of para-hydroxylation sites is 1. The molecule has 1 aliphatic heterocycles. The van der Waals surface area contributed by atoms with E-state index < -0.39 is 0 Å². The van der Waals surface area contributed by atoms with Crippen molar-refractivity contribution in [2.45, 2.75) is 26.7 Å². The third-order valence-corrected chi connectivity index (χ3v) is 5.52. The Balaban J connectivity index is 1.65. The van der Waals surface area contributed by atoms with Crippen LogP contribution in [0.15, 0.2) is 60.2 Å². The minimum atomic E-state index is -0.343. The van der Waals surface area contributed by atoms with E-state index in [-0.39, 0.29) is 29.6 Å². The molecule has 3 amide bonds. The number of carbonyl (C=O) groups excluding carboxylic acids is 3. The maximum absolute atomic E-state index is 13.0. The van der Waals surface area contributed by atoms with E-state index in [9.17, 15) is 14.4 Å². The van der Waals surface area contributed by atoms with Gasteiger partial charge < -0.3 is 5.32 Å². The number of allylic oxidation sites excluding steroid dienone is 2. The third kappa shape index (κ3) is 3.13. The lowest BCUT2D eigenvalue weighted by Crippen LogP contribution is -2.33. The molecule has 2 aromatic rings. The molecule has 2 aliphatic rings. The van der Waals surface area contributed by atoms with Crippen LogP contribution in [0.4, 0.5) is 11.4 Å². The fourth-order valence-electron chi connectivity index (χ4n) is 3.97. The van der Waals surface area contributed by atoms with Gasteiger partial charge in [0.05, 0.1) is 23.1 Å². The number of nitrogens with zero attached hydrogens (tertiary/aromatic N) is 1. The van der Waals surface area contributed by atoms with Crippen molar-refractivity contribution in [2.75, 3.05) is 10.2 Å². The Morgan fingerprint density at radius 3 is 2.39 bits per heavy atom. The zero-order valence-electron chi connectivity index (χ0n) is 15.9. The van der Waals surface area contributed by atoms with Gasteiger partial charge in [-0.3, -0.25) is 14.4 Å². The number of aryl methyl sites for hydroxylation is 1. The third-order valence-electron chi connectivity index (χ3n) is 5.52. The summed E-state index contributed by atoms with van der Waals surface area (Å²) in [4.78, 5) is 40.1. The molecule has 1 N–H and O–H groups in total. The van der Waals surface area contributed by atoms with Crippen molar-refractivity contribution in [3.05, 3.63) is 71.3 Å². The molecule has 0 unspecified atom stereocenters. The maximum Gasteiger partial charge on any atom is 0.257 e. The molecule has 1 heterocycles. The highest BCUT2D eigenvalue weighted by atomic mass is 16.2. The van der Waals surface area contributed by atoms with Gasteiger partial charge in [0.15, 0.2) is 0 Å². The first-order valence-corrected chi connectivity index (χ1v) is 9.46. The first-order chi connectivity index (χ1) is 13.5. The number of hydrogen-bond donors (Lipinski definition) is 1. The summed E-state index contributed by atoms with van der Waals surface area (Å²) in [5.41, 5.74) is 3.56. The van der Waals surface area contributed by atoms with Gasteiger partial charge in [-0.05, 0) is 51.0 Å². The zero-order chi connectivity index (χ0) is 19.8. The monoisotopic (exact) mass is 374 g/mol. The molecule has 0 radical (unpaired) electrons. The van der Waals surface area contributed by atoms with E-state index in [4.69, 9.17) is 0 Å². The minimum absolute atomic E-state index is 0.210. The lowest BCUT2D eigenvalue weighted by Gasteiger charge is -2.19. The van der Waals surface area contributed by atoms with Crippen molar-refractivity contribution in [1.29, 1.82) is 0 Å². The van der Waals surface area contributed by atoms with Gasteiger partial charge in [-0.25, -0.2) is 4.90 Å². The highest BCUT2D eigenvalue weighted by molar-refractivity contribution is 6.25. The van der Waals surface area contributed by atoms with Crippen LogP contribution in [0.3, 0.4) is 0 Å². The van der Waals surface area contributed by atoms with Crippen LogP contribution in [-0.4, -0.2) is 17.7 Å². The number of nitrogens with one attached hydrogen (secondary N) is 1. The molecule has 5 nitrogen and oxygen atoms in total. The van der Waals surface area contributed by atoms with E-state index in [0.717, 1.165) is 11.1 Å². The molecule has 1 aliphatic carbocycles. The van der Waals surface area contributed by atoms with Gasteiger partial charge in [-0.15, -0.1) is 0 Å². The summed E-state index contributed by atoms with van der Waals surface area (Å²) in [6.07, 6.45) is 3.21. The first-order valence-electron chi connectivity index (χ1n) is 9.46. The molecule has 28 heavy (non-hydrogen) atoms. The van der Waals surface area contributed by atoms with E-state index in [2.05, 4.69) is 5.32 Å². The molecule has 1 fully saturated rings. The number of rotatable bonds is 3. The molecule has 2 atom stereocenters. The van der Waals surface area contributed by atoms with Gasteiger partial charge in [-0.1, -0.05) is 41.5 Å². The molecule has 142 valence electrons. The van der Waals surface area contributed by atoms with E-state index in [1.807, 2.05) is 44.2 Å². The first kappa shape index (κ1) is 18.2. The average molecular weight is 374 g/mol. The molecule has 0 saturated carbocycles. The number of hydrogen-bond acceptors (Lipinski definition) is 3. The number of anilines is 2. The highest BCUT2D eigenvalue weighted by Gasteiger charge is 2.49. The van der Waals surface area contributed by atoms with E-state index in [0.29, 0.717) is 29.8 Å². The van der Waals surface area contributed by atoms with Crippen LogP contribution in [0.25, 0.3) is 0 Å². The van der Waals surface area contributed by atoms with Crippen molar-refractivity contribution < 1.29 is 14.4 Å². The zero-order valence-corrected chi connectivity index (χ0v) is 15.9. The lowest BCUT2D eigenvalue weighted by molar-refractivity contribution is -0.122. The van der Waals surface area contributed by atoms with Gasteiger partial charge in [0.1, 0.15) is 0 Å². The van der Waals surface area contributed by atoms with Crippen molar-refractivity contribution in [3.63, 3.8) is 0 Å². The number of imide groups is 1. The normalized spacial score (nSPS) is 21.4. The summed E-state index contributed by atoms with van der Waals surface area (Å²) < 4.78 is 0. The molecular weight excluding hydrogens is 352 g/mol. The summed E-state index contributed by atoms with van der Waals surface area (Å²) in [5.74, 6) is -1.42. The van der Waals surface area contributed by atoms with Crippen molar-refractivity contribution in [3.8, 4) is 0 Å². The maximum atomic E-state index is 13.0. The second-order valence-corrected chi connectivity index (χ2v) is 7.55. The molecule has 0 aromatic heterocycles. The SMILES string of the molecule is CC1=CC[C@H]2C(=O)N(c3ccccc3C(=O)Nc3ccc(C)cc3)C(=O)[C@@H]2C1. The van der Waals surface area contributed by atoms with Crippen LogP contribution < -0.4 is 10.2 Å². The fraction of sp³-hybridized carbons (Fsp3) is 0.261. The fourth-order valence-corrected chi connectivity index (χ4v) is 3.97. The van der Waals surface area contributed by atoms with Crippen molar-refractivity contribution in [2.24, 2.45) is 11.8 Å². The Morgan fingerprint density at radius 2 is 1.64 bits per heavy atom. The number of benzene rings is 2. The second kappa shape index (κ2) is 7.08. The predicted octanol–water partition coefficient (Wildman–Crippen LogP) is 4.09. The van der Waals surface area contributed by atoms with Crippen LogP contribution in [-0.2, 0) is 9.59 Å². The quantitative estimate of drug-likeness (QED) is 0.650. The summed E-state index contributed by atoms with van der Waals surface area (Å²) in [7, 11) is 0. The number of fused-ring (bicyclic) bond motifs is 1. The Morgan fingerprint density at radius 1 is 0.964 bits per heavy atom. The molecule has 4 rings (SSSR count). The Bertz CT molecular complexity index is 991. The largest absolute Gasteiger partial charge is 0.322 e. The van der Waals surface area contributed by atoms with Crippen molar-refractivity contribution >= 4 is 29.1 Å². The topological polar surface area (TPSA) is 66.5 Å². The smallest absolute Gasteiger partial charge is 0.257 e. The van der Waals surface area contributed by atoms with Gasteiger partial charge in [0.25, 0.3) is 5.91 Å². The minimum Gasteiger partial charge on any atom is -0.322 e. The Hall–Kier alpha value is -3.21. The van der Waals surface area contributed by atoms with Gasteiger partial charge in [-0.2, -0.15) is 0 Å². The molecule has 1 saturated heterocycles. The summed E-state index contributed by atoms with van der Waals surface area (Å²) in [5, 5.41) is 2.85. The Labute approximate surface area is 164 Å². The number of amides is 3. The summed E-state index contributed by atoms with van der Waals surface area (Å²) in [6.45, 7) is 3.96. The van der Waals surface area contributed by atoms with E-state index >= 15 is 0 Å². The predicted molar refractivity (Wildman–Crippen MR) is 108 cm³/mol. The second-order valence-electron chi connectivity index (χ2n) is 7.55. The Kier molecular flexibility index (Phi) is 4.59. The van der Waals surface area contributed by atoms with Gasteiger partial charge >= 0.3 is 0 Å². The van der Waals surface area contributed by atoms with Gasteiger partial charge in [0, 0.05) is 5.69 Å². The molecular formula is C23H22N2O3. The van der Waals surface area contributed by atoms with E-state index in [1.165, 1.54) is 4.90 Å². The molecule has 0 bridgehead atoms. The number of carbonyl (C=O) groups is 3.